The van der Waals surface area contributed by atoms with Crippen LogP contribution in [0.25, 0.3) is 6.08 Å². The second-order valence-corrected chi connectivity index (χ2v) is 6.09. The van der Waals surface area contributed by atoms with E-state index in [1.165, 1.54) is 38.5 Å². The van der Waals surface area contributed by atoms with Gasteiger partial charge in [-0.15, -0.1) is 0 Å². The van der Waals surface area contributed by atoms with E-state index in [9.17, 15) is 13.6 Å². The number of rotatable bonds is 9. The lowest BCUT2D eigenvalue weighted by molar-refractivity contribution is -0.129. The topological polar surface area (TPSA) is 75.6 Å². The van der Waals surface area contributed by atoms with Gasteiger partial charge in [0.1, 0.15) is 6.61 Å². The van der Waals surface area contributed by atoms with Gasteiger partial charge in [-0.1, -0.05) is 18.7 Å². The van der Waals surface area contributed by atoms with Crippen molar-refractivity contribution in [1.29, 1.82) is 0 Å². The monoisotopic (exact) mass is 431 g/mol. The van der Waals surface area contributed by atoms with Crippen LogP contribution in [-0.4, -0.2) is 39.3 Å². The van der Waals surface area contributed by atoms with Crippen LogP contribution in [0, 0.1) is 0 Å². The van der Waals surface area contributed by atoms with Crippen LogP contribution in [0.5, 0.6) is 23.0 Å². The average Bonchev–Trinajstić information content (AvgIpc) is 3.12. The highest BCUT2D eigenvalue weighted by molar-refractivity contribution is 6.13. The molecular formula is C22H19F2NO6. The zero-order chi connectivity index (χ0) is 22.4. The van der Waals surface area contributed by atoms with Crippen LogP contribution in [0.15, 0.2) is 59.7 Å². The van der Waals surface area contributed by atoms with Crippen molar-refractivity contribution in [3.8, 4) is 23.0 Å². The maximum Gasteiger partial charge on any atom is 0.387 e. The zero-order valence-electron chi connectivity index (χ0n) is 16.8. The summed E-state index contributed by atoms with van der Waals surface area (Å²) < 4.78 is 50.5. The minimum Gasteiger partial charge on any atom is -0.493 e. The number of halogens is 2. The zero-order valence-corrected chi connectivity index (χ0v) is 16.8. The van der Waals surface area contributed by atoms with Crippen LogP contribution >= 0.6 is 0 Å². The fourth-order valence-electron chi connectivity index (χ4n) is 2.73. The molecule has 2 aromatic carbocycles. The van der Waals surface area contributed by atoms with Gasteiger partial charge in [-0.25, -0.2) is 9.79 Å². The van der Waals surface area contributed by atoms with Crippen LogP contribution in [0.4, 0.5) is 8.78 Å². The number of cyclic esters (lactones) is 1. The Morgan fingerprint density at radius 3 is 2.45 bits per heavy atom. The number of carbonyl (C=O) groups is 1. The van der Waals surface area contributed by atoms with Crippen LogP contribution < -0.4 is 18.9 Å². The Bertz CT molecular complexity index is 1050. The molecule has 1 aliphatic heterocycles. The number of hydrogen-bond donors (Lipinski definition) is 0. The molecule has 9 heteroatoms. The van der Waals surface area contributed by atoms with Gasteiger partial charge < -0.3 is 23.7 Å². The van der Waals surface area contributed by atoms with E-state index >= 15 is 0 Å². The van der Waals surface area contributed by atoms with Gasteiger partial charge in [-0.2, -0.15) is 8.78 Å². The quantitative estimate of drug-likeness (QED) is 0.336. The van der Waals surface area contributed by atoms with Crippen LogP contribution in [0.2, 0.25) is 0 Å². The first kappa shape index (κ1) is 21.8. The number of aliphatic imine (C=N–C) groups is 1. The summed E-state index contributed by atoms with van der Waals surface area (Å²) >= 11 is 0. The maximum absolute atomic E-state index is 12.5. The summed E-state index contributed by atoms with van der Waals surface area (Å²) in [7, 11) is 2.81. The lowest BCUT2D eigenvalue weighted by atomic mass is 10.1. The Labute approximate surface area is 177 Å². The van der Waals surface area contributed by atoms with Gasteiger partial charge in [0.05, 0.1) is 14.2 Å². The molecular weight excluding hydrogens is 412 g/mol. The van der Waals surface area contributed by atoms with E-state index < -0.39 is 12.6 Å². The van der Waals surface area contributed by atoms with Gasteiger partial charge in [0, 0.05) is 5.56 Å². The molecule has 0 fully saturated rings. The van der Waals surface area contributed by atoms with E-state index in [2.05, 4.69) is 16.3 Å². The first-order chi connectivity index (χ1) is 14.9. The highest BCUT2D eigenvalue weighted by Crippen LogP contribution is 2.32. The predicted octanol–water partition coefficient (Wildman–Crippen LogP) is 4.21. The van der Waals surface area contributed by atoms with E-state index in [0.717, 1.165) is 0 Å². The summed E-state index contributed by atoms with van der Waals surface area (Å²) in [5.74, 6) is 0.262. The van der Waals surface area contributed by atoms with Gasteiger partial charge in [0.2, 0.25) is 5.90 Å². The molecule has 2 aromatic rings. The standard InChI is InChI=1S/C22H19F2NO6/c1-4-9-29-16-7-5-13(11-18(16)27-2)10-15-21(26)31-20(25-15)14-6-8-17(30-22(23)24)19(12-14)28-3/h4-8,10-12,22H,1,9H2,2-3H3/b15-10-. The van der Waals surface area contributed by atoms with Crippen molar-refractivity contribution in [2.45, 2.75) is 6.61 Å². The van der Waals surface area contributed by atoms with Crippen LogP contribution in [0.1, 0.15) is 11.1 Å². The molecule has 0 spiro atoms. The smallest absolute Gasteiger partial charge is 0.387 e. The van der Waals surface area contributed by atoms with Crippen molar-refractivity contribution in [2.75, 3.05) is 20.8 Å². The van der Waals surface area contributed by atoms with Gasteiger partial charge in [-0.3, -0.25) is 0 Å². The summed E-state index contributed by atoms with van der Waals surface area (Å²) in [6, 6.07) is 9.23. The van der Waals surface area contributed by atoms with E-state index in [-0.39, 0.29) is 23.1 Å². The molecule has 7 nitrogen and oxygen atoms in total. The third-order valence-corrected chi connectivity index (χ3v) is 4.09. The Balaban J connectivity index is 1.88. The largest absolute Gasteiger partial charge is 0.493 e. The molecule has 0 N–H and O–H groups in total. The van der Waals surface area contributed by atoms with Crippen LogP contribution in [0.3, 0.4) is 0 Å². The van der Waals surface area contributed by atoms with Crippen molar-refractivity contribution in [2.24, 2.45) is 4.99 Å². The van der Waals surface area contributed by atoms with Crippen LogP contribution in [-0.2, 0) is 9.53 Å². The number of alkyl halides is 2. The average molecular weight is 431 g/mol. The first-order valence-corrected chi connectivity index (χ1v) is 9.02. The van der Waals surface area contributed by atoms with E-state index in [0.29, 0.717) is 29.2 Å². The second-order valence-electron chi connectivity index (χ2n) is 6.09. The molecule has 0 bridgehead atoms. The predicted molar refractivity (Wildman–Crippen MR) is 109 cm³/mol. The van der Waals surface area contributed by atoms with Gasteiger partial charge in [-0.05, 0) is 42.0 Å². The maximum atomic E-state index is 12.5. The Hall–Kier alpha value is -3.88. The minimum atomic E-state index is -3.00. The molecule has 0 saturated carbocycles. The van der Waals surface area contributed by atoms with E-state index in [4.69, 9.17) is 18.9 Å². The van der Waals surface area contributed by atoms with E-state index in [1.54, 1.807) is 24.3 Å². The Kier molecular flexibility index (Phi) is 6.86. The number of carbonyl (C=O) groups excluding carboxylic acids is 1. The normalized spacial score (nSPS) is 14.3. The second kappa shape index (κ2) is 9.75. The fourth-order valence-corrected chi connectivity index (χ4v) is 2.73. The Morgan fingerprint density at radius 2 is 1.77 bits per heavy atom. The number of benzene rings is 2. The molecule has 0 amide bonds. The number of hydrogen-bond acceptors (Lipinski definition) is 7. The molecule has 31 heavy (non-hydrogen) atoms. The number of nitrogens with zero attached hydrogens (tertiary/aromatic N) is 1. The minimum absolute atomic E-state index is 0.0102. The SMILES string of the molecule is C=CCOc1ccc(/C=C2\N=C(c3ccc(OC(F)F)c(OC)c3)OC2=O)cc1OC. The number of esters is 1. The Morgan fingerprint density at radius 1 is 1.06 bits per heavy atom. The molecule has 0 atom stereocenters. The molecule has 1 aliphatic rings. The number of ether oxygens (including phenoxy) is 5. The van der Waals surface area contributed by atoms with Crippen molar-refractivity contribution in [1.82, 2.24) is 0 Å². The van der Waals surface area contributed by atoms with Crippen molar-refractivity contribution in [3.63, 3.8) is 0 Å². The molecule has 162 valence electrons. The summed E-state index contributed by atoms with van der Waals surface area (Å²) in [5.41, 5.74) is 1.06. The van der Waals surface area contributed by atoms with Crippen molar-refractivity contribution < 1.29 is 37.3 Å². The summed E-state index contributed by atoms with van der Waals surface area (Å²) in [6.07, 6.45) is 3.14. The third-order valence-electron chi connectivity index (χ3n) is 4.09. The third kappa shape index (κ3) is 5.19. The lowest BCUT2D eigenvalue weighted by Crippen LogP contribution is -2.07. The highest BCUT2D eigenvalue weighted by atomic mass is 19.3. The van der Waals surface area contributed by atoms with Gasteiger partial charge in [0.25, 0.3) is 0 Å². The molecule has 1 heterocycles. The lowest BCUT2D eigenvalue weighted by Gasteiger charge is -2.10. The first-order valence-electron chi connectivity index (χ1n) is 9.02. The summed E-state index contributed by atoms with van der Waals surface area (Å²) in [6.45, 7) is 0.918. The van der Waals surface area contributed by atoms with E-state index in [1.807, 2.05) is 0 Å². The fraction of sp³-hybridized carbons (Fsp3) is 0.182. The molecule has 0 saturated heterocycles. The molecule has 3 rings (SSSR count). The molecule has 0 aliphatic carbocycles. The highest BCUT2D eigenvalue weighted by Gasteiger charge is 2.25. The van der Waals surface area contributed by atoms with Crippen molar-refractivity contribution in [3.05, 3.63) is 65.9 Å². The number of methoxy groups -OCH3 is 2. The molecule has 0 unspecified atom stereocenters. The summed E-state index contributed by atoms with van der Waals surface area (Å²) in [5, 5.41) is 0. The molecule has 0 aromatic heterocycles. The van der Waals surface area contributed by atoms with Gasteiger partial charge >= 0.3 is 12.6 Å². The molecule has 0 radical (unpaired) electrons. The van der Waals surface area contributed by atoms with Crippen molar-refractivity contribution >= 4 is 17.9 Å². The van der Waals surface area contributed by atoms with Gasteiger partial charge in [0.15, 0.2) is 28.7 Å². The summed E-state index contributed by atoms with van der Waals surface area (Å²) in [4.78, 5) is 16.5.